The first-order valence-electron chi connectivity index (χ1n) is 9.05. The molecule has 3 aromatic rings. The fourth-order valence-electron chi connectivity index (χ4n) is 2.93. The third-order valence-electron chi connectivity index (χ3n) is 4.43. The van der Waals surface area contributed by atoms with Crippen LogP contribution in [-0.2, 0) is 13.0 Å². The van der Waals surface area contributed by atoms with Crippen molar-refractivity contribution >= 4 is 5.91 Å². The van der Waals surface area contributed by atoms with Crippen LogP contribution in [0.2, 0.25) is 0 Å². The van der Waals surface area contributed by atoms with E-state index >= 15 is 0 Å². The van der Waals surface area contributed by atoms with Gasteiger partial charge in [0.05, 0.1) is 38.8 Å². The van der Waals surface area contributed by atoms with E-state index in [1.165, 1.54) is 13.3 Å². The Morgan fingerprint density at radius 1 is 1.07 bits per heavy atom. The zero-order valence-electron chi connectivity index (χ0n) is 16.8. The van der Waals surface area contributed by atoms with Gasteiger partial charge in [-0.05, 0) is 30.7 Å². The fraction of sp³-hybridized carbons (Fsp3) is 0.300. The molecular formula is C20H23N5O4. The topological polar surface area (TPSA) is 100 Å². The maximum absolute atomic E-state index is 12.8. The zero-order valence-corrected chi connectivity index (χ0v) is 16.8. The molecule has 1 amide bonds. The van der Waals surface area contributed by atoms with E-state index in [0.717, 1.165) is 11.3 Å². The SMILES string of the molecule is CCc1c(C(=O)NCc2cc(OC)ccc2OC)cnn1-c1ccc(OC)nn1. The lowest BCUT2D eigenvalue weighted by Gasteiger charge is -2.12. The average Bonchev–Trinajstić information content (AvgIpc) is 3.21. The van der Waals surface area contributed by atoms with Crippen LogP contribution in [0, 0.1) is 0 Å². The van der Waals surface area contributed by atoms with E-state index < -0.39 is 0 Å². The van der Waals surface area contributed by atoms with Crippen LogP contribution < -0.4 is 19.5 Å². The van der Waals surface area contributed by atoms with Crippen LogP contribution in [-0.4, -0.2) is 47.2 Å². The predicted octanol–water partition coefficient (Wildman–Crippen LogP) is 2.18. The molecule has 0 fully saturated rings. The van der Waals surface area contributed by atoms with Gasteiger partial charge in [-0.3, -0.25) is 4.79 Å². The van der Waals surface area contributed by atoms with Gasteiger partial charge in [0.25, 0.3) is 5.91 Å². The third kappa shape index (κ3) is 4.29. The van der Waals surface area contributed by atoms with Gasteiger partial charge >= 0.3 is 0 Å². The van der Waals surface area contributed by atoms with Crippen LogP contribution in [0.15, 0.2) is 36.5 Å². The molecule has 29 heavy (non-hydrogen) atoms. The predicted molar refractivity (Wildman–Crippen MR) is 106 cm³/mol. The summed E-state index contributed by atoms with van der Waals surface area (Å²) < 4.78 is 17.2. The van der Waals surface area contributed by atoms with Gasteiger partial charge in [-0.15, -0.1) is 10.2 Å². The van der Waals surface area contributed by atoms with Crippen LogP contribution in [0.1, 0.15) is 28.5 Å². The number of aromatic nitrogens is 4. The largest absolute Gasteiger partial charge is 0.497 e. The first-order valence-corrected chi connectivity index (χ1v) is 9.05. The quantitative estimate of drug-likeness (QED) is 0.622. The van der Waals surface area contributed by atoms with Crippen molar-refractivity contribution in [2.75, 3.05) is 21.3 Å². The second-order valence-electron chi connectivity index (χ2n) is 6.06. The van der Waals surface area contributed by atoms with E-state index in [4.69, 9.17) is 14.2 Å². The molecule has 2 aromatic heterocycles. The number of carbonyl (C=O) groups is 1. The lowest BCUT2D eigenvalue weighted by atomic mass is 10.1. The van der Waals surface area contributed by atoms with Crippen LogP contribution >= 0.6 is 0 Å². The van der Waals surface area contributed by atoms with Crippen molar-refractivity contribution in [1.82, 2.24) is 25.3 Å². The number of nitrogens with one attached hydrogen (secondary N) is 1. The Hall–Kier alpha value is -3.62. The van der Waals surface area contributed by atoms with Crippen molar-refractivity contribution in [2.24, 2.45) is 0 Å². The lowest BCUT2D eigenvalue weighted by Crippen LogP contribution is -2.24. The van der Waals surface area contributed by atoms with Crippen molar-refractivity contribution in [1.29, 1.82) is 0 Å². The molecule has 1 aromatic carbocycles. The monoisotopic (exact) mass is 397 g/mol. The molecule has 9 heteroatoms. The van der Waals surface area contributed by atoms with E-state index in [2.05, 4.69) is 20.6 Å². The molecule has 0 aliphatic rings. The van der Waals surface area contributed by atoms with E-state index in [-0.39, 0.29) is 12.5 Å². The standard InChI is InChI=1S/C20H23N5O4/c1-5-16-15(12-22-25(16)18-8-9-19(29-4)24-23-18)20(26)21-11-13-10-14(27-2)6-7-17(13)28-3/h6-10,12H,5,11H2,1-4H3,(H,21,26). The normalized spacial score (nSPS) is 10.5. The van der Waals surface area contributed by atoms with Crippen molar-refractivity contribution in [3.8, 4) is 23.2 Å². The second-order valence-corrected chi connectivity index (χ2v) is 6.06. The van der Waals surface area contributed by atoms with Gasteiger partial charge in [0.2, 0.25) is 5.88 Å². The van der Waals surface area contributed by atoms with Crippen molar-refractivity contribution in [3.63, 3.8) is 0 Å². The molecule has 0 atom stereocenters. The summed E-state index contributed by atoms with van der Waals surface area (Å²) in [5, 5.41) is 15.3. The number of nitrogens with zero attached hydrogens (tertiary/aromatic N) is 4. The molecule has 1 N–H and O–H groups in total. The molecule has 9 nitrogen and oxygen atoms in total. The first-order chi connectivity index (χ1) is 14.1. The van der Waals surface area contributed by atoms with Crippen LogP contribution in [0.25, 0.3) is 5.82 Å². The Labute approximate surface area is 168 Å². The van der Waals surface area contributed by atoms with Crippen molar-refractivity contribution in [2.45, 2.75) is 19.9 Å². The van der Waals surface area contributed by atoms with Gasteiger partial charge in [0.1, 0.15) is 11.5 Å². The number of ether oxygens (including phenoxy) is 3. The second kappa shape index (κ2) is 9.05. The van der Waals surface area contributed by atoms with Gasteiger partial charge in [-0.1, -0.05) is 6.92 Å². The number of hydrogen-bond donors (Lipinski definition) is 1. The summed E-state index contributed by atoms with van der Waals surface area (Å²) in [6, 6.07) is 8.87. The summed E-state index contributed by atoms with van der Waals surface area (Å²) in [4.78, 5) is 12.8. The Kier molecular flexibility index (Phi) is 6.28. The minimum Gasteiger partial charge on any atom is -0.497 e. The summed E-state index contributed by atoms with van der Waals surface area (Å²) in [6.07, 6.45) is 2.13. The molecule has 0 unspecified atom stereocenters. The molecule has 0 aliphatic heterocycles. The average molecular weight is 397 g/mol. The maximum atomic E-state index is 12.8. The Bertz CT molecular complexity index is 985. The highest BCUT2D eigenvalue weighted by atomic mass is 16.5. The summed E-state index contributed by atoms with van der Waals surface area (Å²) in [5.74, 6) is 2.04. The number of rotatable bonds is 8. The minimum atomic E-state index is -0.237. The van der Waals surface area contributed by atoms with Crippen molar-refractivity contribution in [3.05, 3.63) is 53.3 Å². The van der Waals surface area contributed by atoms with Crippen LogP contribution in [0.3, 0.4) is 0 Å². The molecule has 2 heterocycles. The number of methoxy groups -OCH3 is 3. The highest BCUT2D eigenvalue weighted by molar-refractivity contribution is 5.95. The number of benzene rings is 1. The molecule has 3 rings (SSSR count). The molecule has 152 valence electrons. The van der Waals surface area contributed by atoms with Gasteiger partial charge in [0.15, 0.2) is 5.82 Å². The Balaban J connectivity index is 1.80. The lowest BCUT2D eigenvalue weighted by molar-refractivity contribution is 0.0949. The summed E-state index contributed by atoms with van der Waals surface area (Å²) in [5.41, 5.74) is 2.03. The zero-order chi connectivity index (χ0) is 20.8. The number of amides is 1. The van der Waals surface area contributed by atoms with E-state index in [0.29, 0.717) is 35.2 Å². The number of hydrogen-bond acceptors (Lipinski definition) is 7. The Morgan fingerprint density at radius 3 is 2.52 bits per heavy atom. The summed E-state index contributed by atoms with van der Waals surface area (Å²) in [7, 11) is 4.70. The molecule has 0 bridgehead atoms. The molecule has 0 spiro atoms. The maximum Gasteiger partial charge on any atom is 0.255 e. The van der Waals surface area contributed by atoms with Gasteiger partial charge in [-0.2, -0.15) is 5.10 Å². The van der Waals surface area contributed by atoms with E-state index in [1.54, 1.807) is 43.2 Å². The third-order valence-corrected chi connectivity index (χ3v) is 4.43. The van der Waals surface area contributed by atoms with Gasteiger partial charge in [-0.25, -0.2) is 4.68 Å². The van der Waals surface area contributed by atoms with Gasteiger partial charge < -0.3 is 19.5 Å². The van der Waals surface area contributed by atoms with E-state index in [9.17, 15) is 4.79 Å². The summed E-state index contributed by atoms with van der Waals surface area (Å²) >= 11 is 0. The van der Waals surface area contributed by atoms with E-state index in [1.807, 2.05) is 13.0 Å². The molecule has 0 aliphatic carbocycles. The van der Waals surface area contributed by atoms with Crippen molar-refractivity contribution < 1.29 is 19.0 Å². The fourth-order valence-corrected chi connectivity index (χ4v) is 2.93. The highest BCUT2D eigenvalue weighted by Crippen LogP contribution is 2.24. The molecular weight excluding hydrogens is 374 g/mol. The first kappa shape index (κ1) is 20.1. The summed E-state index contributed by atoms with van der Waals surface area (Å²) in [6.45, 7) is 2.24. The minimum absolute atomic E-state index is 0.237. The molecule has 0 radical (unpaired) electrons. The highest BCUT2D eigenvalue weighted by Gasteiger charge is 2.18. The van der Waals surface area contributed by atoms with Gasteiger partial charge in [0, 0.05) is 18.2 Å². The number of carbonyl (C=O) groups excluding carboxylic acids is 1. The smallest absolute Gasteiger partial charge is 0.255 e. The molecule has 0 saturated carbocycles. The Morgan fingerprint density at radius 2 is 1.90 bits per heavy atom. The van der Waals surface area contributed by atoms with Crippen LogP contribution in [0.4, 0.5) is 0 Å². The van der Waals surface area contributed by atoms with Crippen LogP contribution in [0.5, 0.6) is 17.4 Å². The molecule has 0 saturated heterocycles.